The molecule has 0 unspecified atom stereocenters. The molecule has 3 N–H and O–H groups in total. The van der Waals surface area contributed by atoms with Crippen LogP contribution >= 0.6 is 0 Å². The highest BCUT2D eigenvalue weighted by Crippen LogP contribution is 2.38. The van der Waals surface area contributed by atoms with Gasteiger partial charge in [0.1, 0.15) is 5.54 Å². The second kappa shape index (κ2) is 8.52. The Morgan fingerprint density at radius 2 is 1.92 bits per heavy atom. The summed E-state index contributed by atoms with van der Waals surface area (Å²) in [7, 11) is 0. The van der Waals surface area contributed by atoms with Gasteiger partial charge in [0.25, 0.3) is 0 Å². The average Bonchev–Trinajstić information content (AvgIpc) is 3.65. The molecular weight excluding hydrogens is 470 g/mol. The van der Waals surface area contributed by atoms with Crippen LogP contribution in [-0.2, 0) is 10.3 Å². The minimum absolute atomic E-state index is 0.0354. The van der Waals surface area contributed by atoms with Crippen molar-refractivity contribution in [2.75, 3.05) is 5.73 Å². The Bertz CT molecular complexity index is 1580. The van der Waals surface area contributed by atoms with Crippen LogP contribution in [0.25, 0.3) is 28.3 Å². The number of nitrogens with zero attached hydrogens (tertiary/aromatic N) is 6. The third-order valence-corrected chi connectivity index (χ3v) is 7.73. The molecule has 0 spiro atoms. The van der Waals surface area contributed by atoms with E-state index < -0.39 is 11.1 Å². The fourth-order valence-electron chi connectivity index (χ4n) is 5.38. The molecular formula is C27H29N7O3. The molecule has 37 heavy (non-hydrogen) atoms. The van der Waals surface area contributed by atoms with Crippen LogP contribution in [0.2, 0.25) is 0 Å². The van der Waals surface area contributed by atoms with Crippen LogP contribution in [0.1, 0.15) is 51.5 Å². The molecule has 1 fully saturated rings. The van der Waals surface area contributed by atoms with Gasteiger partial charge in [0.05, 0.1) is 23.4 Å². The molecule has 1 aliphatic rings. The molecule has 190 valence electrons. The van der Waals surface area contributed by atoms with Crippen molar-refractivity contribution >= 4 is 28.4 Å². The van der Waals surface area contributed by atoms with Crippen LogP contribution in [0, 0.1) is 5.92 Å². The molecule has 10 nitrogen and oxygen atoms in total. The van der Waals surface area contributed by atoms with Crippen molar-refractivity contribution in [3.05, 3.63) is 60.5 Å². The van der Waals surface area contributed by atoms with Crippen molar-refractivity contribution in [1.82, 2.24) is 29.4 Å². The van der Waals surface area contributed by atoms with Gasteiger partial charge in [-0.05, 0) is 63.1 Å². The fraction of sp³-hybridized carbons (Fsp3) is 0.370. The SMILES string of the molecule is CC1(O)CCC(CC(=O)[C@@](C)(c2ccccc2)n2ncc3c2nc(N)n2nc(-c4ccco4)nc32)CC1. The van der Waals surface area contributed by atoms with Gasteiger partial charge < -0.3 is 15.3 Å². The van der Waals surface area contributed by atoms with Crippen LogP contribution in [0.3, 0.4) is 0 Å². The molecule has 0 radical (unpaired) electrons. The van der Waals surface area contributed by atoms with Gasteiger partial charge >= 0.3 is 0 Å². The highest BCUT2D eigenvalue weighted by Gasteiger charge is 2.41. The van der Waals surface area contributed by atoms with Crippen LogP contribution in [-0.4, -0.2) is 45.9 Å². The zero-order valence-corrected chi connectivity index (χ0v) is 20.8. The van der Waals surface area contributed by atoms with Crippen molar-refractivity contribution in [3.63, 3.8) is 0 Å². The quantitative estimate of drug-likeness (QED) is 0.358. The van der Waals surface area contributed by atoms with E-state index in [2.05, 4.69) is 20.2 Å². The Morgan fingerprint density at radius 3 is 2.62 bits per heavy atom. The van der Waals surface area contributed by atoms with Gasteiger partial charge in [-0.1, -0.05) is 30.3 Å². The highest BCUT2D eigenvalue weighted by atomic mass is 16.3. The molecule has 4 aromatic heterocycles. The van der Waals surface area contributed by atoms with E-state index in [0.717, 1.165) is 18.4 Å². The Balaban J connectivity index is 1.46. The molecule has 0 saturated heterocycles. The molecule has 10 heteroatoms. The highest BCUT2D eigenvalue weighted by molar-refractivity contribution is 5.95. The Kier molecular flexibility index (Phi) is 5.38. The van der Waals surface area contributed by atoms with Gasteiger partial charge in [0, 0.05) is 6.42 Å². The Hall–Kier alpha value is -4.05. The predicted molar refractivity (Wildman–Crippen MR) is 138 cm³/mol. The lowest BCUT2D eigenvalue weighted by Gasteiger charge is -2.35. The number of fused-ring (bicyclic) bond motifs is 3. The van der Waals surface area contributed by atoms with E-state index in [1.165, 1.54) is 4.52 Å². The summed E-state index contributed by atoms with van der Waals surface area (Å²) >= 11 is 0. The van der Waals surface area contributed by atoms with Crippen LogP contribution in [0.5, 0.6) is 0 Å². The summed E-state index contributed by atoms with van der Waals surface area (Å²) in [5.41, 5.74) is 6.29. The first kappa shape index (κ1) is 23.4. The number of aromatic nitrogens is 6. The number of ketones is 1. The van der Waals surface area contributed by atoms with Crippen molar-refractivity contribution in [1.29, 1.82) is 0 Å². The summed E-state index contributed by atoms with van der Waals surface area (Å²) in [5, 5.41) is 20.1. The van der Waals surface area contributed by atoms with Crippen molar-refractivity contribution in [2.45, 2.75) is 57.1 Å². The number of carbonyl (C=O) groups is 1. The molecule has 1 aliphatic carbocycles. The first-order chi connectivity index (χ1) is 17.8. The number of nitrogens with two attached hydrogens (primary N) is 1. The number of aliphatic hydroxyl groups is 1. The number of nitrogen functional groups attached to an aromatic ring is 1. The molecule has 1 saturated carbocycles. The maximum absolute atomic E-state index is 14.1. The number of anilines is 1. The maximum Gasteiger partial charge on any atom is 0.225 e. The van der Waals surface area contributed by atoms with Crippen molar-refractivity contribution in [2.24, 2.45) is 5.92 Å². The second-order valence-corrected chi connectivity index (χ2v) is 10.4. The Labute approximate surface area is 213 Å². The van der Waals surface area contributed by atoms with Gasteiger partial charge in [-0.25, -0.2) is 9.67 Å². The van der Waals surface area contributed by atoms with E-state index in [0.29, 0.717) is 47.5 Å². The zero-order valence-electron chi connectivity index (χ0n) is 20.8. The molecule has 4 heterocycles. The van der Waals surface area contributed by atoms with E-state index in [9.17, 15) is 9.90 Å². The molecule has 0 aliphatic heterocycles. The zero-order chi connectivity index (χ0) is 25.8. The minimum Gasteiger partial charge on any atom is -0.461 e. The van der Waals surface area contributed by atoms with Crippen molar-refractivity contribution in [3.8, 4) is 11.6 Å². The van der Waals surface area contributed by atoms with Gasteiger partial charge in [-0.15, -0.1) is 5.10 Å². The van der Waals surface area contributed by atoms with E-state index in [4.69, 9.17) is 10.2 Å². The monoisotopic (exact) mass is 499 g/mol. The number of hydrogen-bond acceptors (Lipinski definition) is 8. The molecule has 1 atom stereocenters. The molecule has 6 rings (SSSR count). The lowest BCUT2D eigenvalue weighted by molar-refractivity contribution is -0.127. The molecule has 0 amide bonds. The molecule has 0 bridgehead atoms. The predicted octanol–water partition coefficient (Wildman–Crippen LogP) is 3.98. The number of carbonyl (C=O) groups excluding carboxylic acids is 1. The lowest BCUT2D eigenvalue weighted by Crippen LogP contribution is -2.42. The first-order valence-corrected chi connectivity index (χ1v) is 12.5. The van der Waals surface area contributed by atoms with Crippen LogP contribution < -0.4 is 5.73 Å². The number of Topliss-reactive ketones (excluding diaryl/α,β-unsaturated/α-hetero) is 1. The van der Waals surface area contributed by atoms with Gasteiger partial charge in [0.15, 0.2) is 22.8 Å². The normalized spacial score (nSPS) is 21.9. The van der Waals surface area contributed by atoms with E-state index in [1.54, 1.807) is 29.3 Å². The first-order valence-electron chi connectivity index (χ1n) is 12.5. The summed E-state index contributed by atoms with van der Waals surface area (Å²) < 4.78 is 8.58. The van der Waals surface area contributed by atoms with E-state index in [1.807, 2.05) is 44.2 Å². The molecule has 5 aromatic rings. The van der Waals surface area contributed by atoms with Gasteiger partial charge in [-0.2, -0.15) is 14.6 Å². The third kappa shape index (κ3) is 3.88. The van der Waals surface area contributed by atoms with Gasteiger partial charge in [0.2, 0.25) is 11.8 Å². The second-order valence-electron chi connectivity index (χ2n) is 10.4. The molecule has 1 aromatic carbocycles. The Morgan fingerprint density at radius 1 is 1.16 bits per heavy atom. The average molecular weight is 500 g/mol. The smallest absolute Gasteiger partial charge is 0.225 e. The standard InChI is InChI=1S/C27H29N7O3/c1-26(36)12-10-17(11-13-26)15-21(35)27(2,18-7-4-3-5-8-18)34-24-19(16-29-34)23-30-22(20-9-6-14-37-20)32-33(23)25(28)31-24/h3-9,14,16-17,36H,10-13,15H2,1-2H3,(H2,28,31)/t17?,26?,27-/m1/s1. The summed E-state index contributed by atoms with van der Waals surface area (Å²) in [6.07, 6.45) is 6.60. The number of hydrogen-bond donors (Lipinski definition) is 2. The van der Waals surface area contributed by atoms with Crippen LogP contribution in [0.15, 0.2) is 59.3 Å². The topological polar surface area (TPSA) is 137 Å². The lowest BCUT2D eigenvalue weighted by atomic mass is 9.75. The largest absolute Gasteiger partial charge is 0.461 e. The summed E-state index contributed by atoms with van der Waals surface area (Å²) in [5.74, 6) is 1.27. The summed E-state index contributed by atoms with van der Waals surface area (Å²) in [6, 6.07) is 13.2. The summed E-state index contributed by atoms with van der Waals surface area (Å²) in [6.45, 7) is 3.75. The van der Waals surface area contributed by atoms with Crippen LogP contribution in [0.4, 0.5) is 5.95 Å². The summed E-state index contributed by atoms with van der Waals surface area (Å²) in [4.78, 5) is 23.4. The third-order valence-electron chi connectivity index (χ3n) is 7.73. The number of furan rings is 1. The van der Waals surface area contributed by atoms with E-state index in [-0.39, 0.29) is 17.6 Å². The van der Waals surface area contributed by atoms with Gasteiger partial charge in [-0.3, -0.25) is 4.79 Å². The fourth-order valence-corrected chi connectivity index (χ4v) is 5.38. The number of benzene rings is 1. The maximum atomic E-state index is 14.1. The minimum atomic E-state index is -1.12. The van der Waals surface area contributed by atoms with Crippen molar-refractivity contribution < 1.29 is 14.3 Å². The van der Waals surface area contributed by atoms with E-state index >= 15 is 0 Å². The number of rotatable bonds is 6.